The Morgan fingerprint density at radius 2 is 2.13 bits per heavy atom. The Balaban J connectivity index is 3.95. The van der Waals surface area contributed by atoms with Gasteiger partial charge in [0.05, 0.1) is 12.7 Å². The van der Waals surface area contributed by atoms with E-state index >= 15 is 0 Å². The monoisotopic (exact) mass is 213 g/mol. The molecule has 0 amide bonds. The van der Waals surface area contributed by atoms with Gasteiger partial charge in [-0.2, -0.15) is 5.26 Å². The van der Waals surface area contributed by atoms with Gasteiger partial charge in [0.15, 0.2) is 0 Å². The minimum atomic E-state index is -0.0955. The molecule has 0 aliphatic heterocycles. The number of nitrogens with zero attached hydrogens (tertiary/aromatic N) is 2. The van der Waals surface area contributed by atoms with Crippen LogP contribution in [-0.2, 0) is 4.74 Å². The molecule has 1 atom stereocenters. The van der Waals surface area contributed by atoms with Crippen molar-refractivity contribution in [2.24, 2.45) is 0 Å². The van der Waals surface area contributed by atoms with Crippen LogP contribution in [0, 0.1) is 11.3 Å². The van der Waals surface area contributed by atoms with E-state index < -0.39 is 0 Å². The zero-order valence-electron chi connectivity index (χ0n) is 10.3. The van der Waals surface area contributed by atoms with E-state index in [-0.39, 0.29) is 6.04 Å². The van der Waals surface area contributed by atoms with Gasteiger partial charge in [-0.3, -0.25) is 10.2 Å². The third kappa shape index (κ3) is 7.32. The predicted molar refractivity (Wildman–Crippen MR) is 61.7 cm³/mol. The second-order valence-corrected chi connectivity index (χ2v) is 3.89. The van der Waals surface area contributed by atoms with Gasteiger partial charge in [-0.15, -0.1) is 0 Å². The molecule has 4 nitrogen and oxygen atoms in total. The van der Waals surface area contributed by atoms with Gasteiger partial charge in [-0.05, 0) is 20.4 Å². The number of hydrogen-bond donors (Lipinski definition) is 1. The molecule has 0 fully saturated rings. The fraction of sp³-hybridized carbons (Fsp3) is 0.909. The summed E-state index contributed by atoms with van der Waals surface area (Å²) in [6, 6.07) is 2.53. The van der Waals surface area contributed by atoms with Crippen LogP contribution in [0.5, 0.6) is 0 Å². The van der Waals surface area contributed by atoms with Gasteiger partial charge in [0.1, 0.15) is 6.04 Å². The number of nitrogens with one attached hydrogen (secondary N) is 1. The molecule has 0 saturated heterocycles. The second kappa shape index (κ2) is 8.66. The van der Waals surface area contributed by atoms with Crippen LogP contribution in [0.25, 0.3) is 0 Å². The van der Waals surface area contributed by atoms with Gasteiger partial charge in [-0.1, -0.05) is 6.92 Å². The lowest BCUT2D eigenvalue weighted by Gasteiger charge is -2.24. The maximum atomic E-state index is 8.97. The molecule has 4 heteroatoms. The third-order valence-electron chi connectivity index (χ3n) is 2.19. The van der Waals surface area contributed by atoms with Crippen molar-refractivity contribution in [3.05, 3.63) is 0 Å². The molecule has 0 heterocycles. The van der Waals surface area contributed by atoms with E-state index in [2.05, 4.69) is 37.1 Å². The van der Waals surface area contributed by atoms with Crippen LogP contribution in [0.2, 0.25) is 0 Å². The number of rotatable bonds is 8. The molecular weight excluding hydrogens is 190 g/mol. The van der Waals surface area contributed by atoms with Crippen LogP contribution >= 0.6 is 0 Å². The van der Waals surface area contributed by atoms with Crippen molar-refractivity contribution in [1.82, 2.24) is 10.2 Å². The molecule has 0 aromatic heterocycles. The van der Waals surface area contributed by atoms with Crippen LogP contribution in [0.4, 0.5) is 0 Å². The lowest BCUT2D eigenvalue weighted by Crippen LogP contribution is -2.43. The van der Waals surface area contributed by atoms with E-state index in [1.54, 1.807) is 7.11 Å². The summed E-state index contributed by atoms with van der Waals surface area (Å²) < 4.78 is 5.03. The smallest absolute Gasteiger partial charge is 0.108 e. The maximum absolute atomic E-state index is 8.97. The van der Waals surface area contributed by atoms with E-state index in [0.717, 1.165) is 19.6 Å². The molecule has 1 N–H and O–H groups in total. The molecule has 88 valence electrons. The van der Waals surface area contributed by atoms with Crippen molar-refractivity contribution < 1.29 is 4.74 Å². The molecule has 0 bridgehead atoms. The van der Waals surface area contributed by atoms with Crippen molar-refractivity contribution in [1.29, 1.82) is 5.26 Å². The molecule has 15 heavy (non-hydrogen) atoms. The van der Waals surface area contributed by atoms with Crippen LogP contribution in [0.15, 0.2) is 0 Å². The molecule has 0 spiro atoms. The Labute approximate surface area is 93.2 Å². The first-order chi connectivity index (χ1) is 7.13. The quantitative estimate of drug-likeness (QED) is 0.649. The largest absolute Gasteiger partial charge is 0.383 e. The fourth-order valence-electron chi connectivity index (χ4n) is 1.39. The van der Waals surface area contributed by atoms with E-state index in [1.165, 1.54) is 0 Å². The van der Waals surface area contributed by atoms with Crippen LogP contribution in [0.3, 0.4) is 0 Å². The summed E-state index contributed by atoms with van der Waals surface area (Å²) in [7, 11) is 1.70. The Kier molecular flexibility index (Phi) is 8.30. The molecule has 0 aromatic rings. The van der Waals surface area contributed by atoms with Crippen molar-refractivity contribution >= 4 is 0 Å². The molecule has 0 aromatic carbocycles. The summed E-state index contributed by atoms with van der Waals surface area (Å²) in [5.74, 6) is 0. The zero-order valence-corrected chi connectivity index (χ0v) is 10.3. The first kappa shape index (κ1) is 14.4. The summed E-state index contributed by atoms with van der Waals surface area (Å²) in [6.07, 6.45) is 0. The standard InChI is InChI=1S/C11H23N3O/c1-5-14(6-7-15-4)9-11(8-12)13-10(2)3/h10-11,13H,5-7,9H2,1-4H3. The van der Waals surface area contributed by atoms with Gasteiger partial charge in [0.25, 0.3) is 0 Å². The first-order valence-electron chi connectivity index (χ1n) is 5.51. The van der Waals surface area contributed by atoms with Crippen LogP contribution < -0.4 is 5.32 Å². The molecule has 1 unspecified atom stereocenters. The third-order valence-corrected chi connectivity index (χ3v) is 2.19. The molecule has 0 saturated carbocycles. The van der Waals surface area contributed by atoms with Crippen LogP contribution in [0.1, 0.15) is 20.8 Å². The zero-order chi connectivity index (χ0) is 11.7. The highest BCUT2D eigenvalue weighted by atomic mass is 16.5. The first-order valence-corrected chi connectivity index (χ1v) is 5.51. The number of nitriles is 1. The molecule has 0 rings (SSSR count). The minimum Gasteiger partial charge on any atom is -0.383 e. The number of methoxy groups -OCH3 is 1. The van der Waals surface area contributed by atoms with Crippen molar-refractivity contribution in [2.75, 3.05) is 33.4 Å². The van der Waals surface area contributed by atoms with E-state index in [9.17, 15) is 0 Å². The van der Waals surface area contributed by atoms with Gasteiger partial charge < -0.3 is 4.74 Å². The van der Waals surface area contributed by atoms with Crippen molar-refractivity contribution in [3.8, 4) is 6.07 Å². The Bertz CT molecular complexity index is 189. The van der Waals surface area contributed by atoms with Crippen LogP contribution in [-0.4, -0.2) is 50.3 Å². The highest BCUT2D eigenvalue weighted by Gasteiger charge is 2.12. The molecular formula is C11H23N3O. The highest BCUT2D eigenvalue weighted by Crippen LogP contribution is 1.94. The lowest BCUT2D eigenvalue weighted by molar-refractivity contribution is 0.147. The summed E-state index contributed by atoms with van der Waals surface area (Å²) in [5, 5.41) is 12.2. The number of hydrogen-bond acceptors (Lipinski definition) is 4. The van der Waals surface area contributed by atoms with E-state index in [0.29, 0.717) is 12.6 Å². The van der Waals surface area contributed by atoms with Gasteiger partial charge >= 0.3 is 0 Å². The Morgan fingerprint density at radius 1 is 1.47 bits per heavy atom. The van der Waals surface area contributed by atoms with Gasteiger partial charge in [0.2, 0.25) is 0 Å². The average molecular weight is 213 g/mol. The highest BCUT2D eigenvalue weighted by molar-refractivity contribution is 4.92. The molecule has 0 aliphatic carbocycles. The average Bonchev–Trinajstić information content (AvgIpc) is 2.21. The maximum Gasteiger partial charge on any atom is 0.108 e. The topological polar surface area (TPSA) is 48.3 Å². The summed E-state index contributed by atoms with van der Waals surface area (Å²) >= 11 is 0. The lowest BCUT2D eigenvalue weighted by atomic mass is 10.2. The SMILES string of the molecule is CCN(CCOC)CC(C#N)NC(C)C. The minimum absolute atomic E-state index is 0.0955. The summed E-state index contributed by atoms with van der Waals surface area (Å²) in [4.78, 5) is 2.22. The van der Waals surface area contributed by atoms with Gasteiger partial charge in [-0.25, -0.2) is 0 Å². The van der Waals surface area contributed by atoms with Crippen molar-refractivity contribution in [2.45, 2.75) is 32.9 Å². The van der Waals surface area contributed by atoms with E-state index in [1.807, 2.05) is 0 Å². The number of ether oxygens (including phenoxy) is 1. The molecule has 0 radical (unpaired) electrons. The predicted octanol–water partition coefficient (Wildman–Crippen LogP) is 0.845. The Morgan fingerprint density at radius 3 is 2.53 bits per heavy atom. The second-order valence-electron chi connectivity index (χ2n) is 3.89. The normalized spacial score (nSPS) is 13.1. The summed E-state index contributed by atoms with van der Waals surface area (Å²) in [5.41, 5.74) is 0. The van der Waals surface area contributed by atoms with Crippen molar-refractivity contribution in [3.63, 3.8) is 0 Å². The Hall–Kier alpha value is -0.630. The van der Waals surface area contributed by atoms with E-state index in [4.69, 9.17) is 10.00 Å². The molecule has 0 aliphatic rings. The fourth-order valence-corrected chi connectivity index (χ4v) is 1.39. The number of likely N-dealkylation sites (N-methyl/N-ethyl adjacent to an activating group) is 1. The van der Waals surface area contributed by atoms with Gasteiger partial charge in [0, 0.05) is 26.2 Å². The summed E-state index contributed by atoms with van der Waals surface area (Å²) in [6.45, 7) is 9.50.